The van der Waals surface area contributed by atoms with Crippen molar-refractivity contribution < 1.29 is 49.1 Å². The minimum Gasteiger partial charge on any atom is -0.479 e. The number of aliphatic carboxylic acids is 2. The maximum atomic E-state index is 12.4. The standard InChI is InChI=1S/C49H64Cl2O10/c1-27(2)8-6-9-28(3)33-12-14-38-35(33)13-15-41-48(4)18-16-29(20-32(48)17-19-49(38,41)5)10-7-11-34(30-21-36(46(56)57)44(39(50)23-30)60-25-42(52)53)31-22-37(47(58)59)45(40(51)24-31)61-26-43(54)55/h11,21-24,27-29,32-33,35,38,41H,6-10,12-20,25-26H2,1-5H3,(H,52,53)(H,54,55)(H,56,57)(H,58,59). The molecule has 4 saturated carbocycles. The average Bonchev–Trinajstić information content (AvgIpc) is 3.63. The zero-order chi connectivity index (χ0) is 44.4. The fourth-order valence-electron chi connectivity index (χ4n) is 12.9. The maximum absolute atomic E-state index is 12.4. The SMILES string of the molecule is CC(C)CCCC(C)C1CCC2C1CCC1C3(C)CCC(CCC=C(c4cc(Cl)c(OCC(=O)O)c(C(=O)O)c4)c4cc(Cl)c(OCC(=O)O)c(C(=O)O)c4)CC3CCC21C. The third-order valence-electron chi connectivity index (χ3n) is 15.7. The largest absolute Gasteiger partial charge is 0.479 e. The third kappa shape index (κ3) is 10.1. The molecule has 9 atom stereocenters. The second-order valence-electron chi connectivity index (χ2n) is 19.7. The van der Waals surface area contributed by atoms with Crippen molar-refractivity contribution in [3.05, 3.63) is 62.6 Å². The molecule has 4 aliphatic rings. The van der Waals surface area contributed by atoms with Crippen molar-refractivity contribution in [1.82, 2.24) is 0 Å². The molecule has 0 radical (unpaired) electrons. The van der Waals surface area contributed by atoms with E-state index in [1.54, 1.807) is 0 Å². The number of carbonyl (C=O) groups is 4. The number of ether oxygens (including phenoxy) is 2. The number of allylic oxidation sites excluding steroid dienone is 1. The summed E-state index contributed by atoms with van der Waals surface area (Å²) in [4.78, 5) is 47.4. The average molecular weight is 884 g/mol. The van der Waals surface area contributed by atoms with Gasteiger partial charge < -0.3 is 29.9 Å². The number of aromatic carboxylic acids is 2. The first-order valence-corrected chi connectivity index (χ1v) is 23.1. The summed E-state index contributed by atoms with van der Waals surface area (Å²) >= 11 is 13.1. The summed E-state index contributed by atoms with van der Waals surface area (Å²) in [5.74, 6) is 0.0326. The number of halogens is 2. The van der Waals surface area contributed by atoms with Crippen LogP contribution in [0.4, 0.5) is 0 Å². The van der Waals surface area contributed by atoms with Crippen molar-refractivity contribution in [2.45, 2.75) is 125 Å². The Labute approximate surface area is 370 Å². The molecular weight excluding hydrogens is 819 g/mol. The summed E-state index contributed by atoms with van der Waals surface area (Å²) in [5.41, 5.74) is 1.10. The molecule has 12 heteroatoms. The first kappa shape index (κ1) is 46.7. The Balaban J connectivity index is 1.22. The van der Waals surface area contributed by atoms with Crippen molar-refractivity contribution in [3.8, 4) is 11.5 Å². The van der Waals surface area contributed by atoms with Crippen LogP contribution in [0.15, 0.2) is 30.3 Å². The van der Waals surface area contributed by atoms with Crippen molar-refractivity contribution in [3.63, 3.8) is 0 Å². The highest BCUT2D eigenvalue weighted by molar-refractivity contribution is 6.33. The zero-order valence-electron chi connectivity index (χ0n) is 36.3. The molecule has 4 fully saturated rings. The highest BCUT2D eigenvalue weighted by Crippen LogP contribution is 2.70. The van der Waals surface area contributed by atoms with Gasteiger partial charge in [0.25, 0.3) is 0 Å². The van der Waals surface area contributed by atoms with Gasteiger partial charge in [-0.2, -0.15) is 0 Å². The van der Waals surface area contributed by atoms with Gasteiger partial charge in [-0.25, -0.2) is 19.2 Å². The van der Waals surface area contributed by atoms with Crippen molar-refractivity contribution >= 4 is 52.7 Å². The molecule has 0 heterocycles. The molecule has 6 rings (SSSR count). The van der Waals surface area contributed by atoms with Gasteiger partial charge in [0.15, 0.2) is 24.7 Å². The van der Waals surface area contributed by atoms with Gasteiger partial charge in [0.05, 0.1) is 10.0 Å². The number of hydrogen-bond acceptors (Lipinski definition) is 6. The predicted octanol–water partition coefficient (Wildman–Crippen LogP) is 12.3. The fourth-order valence-corrected chi connectivity index (χ4v) is 13.4. The number of hydrogen-bond donors (Lipinski definition) is 4. The maximum Gasteiger partial charge on any atom is 0.341 e. The lowest BCUT2D eigenvalue weighted by molar-refractivity contribution is -0.149. The number of carboxylic acid groups (broad SMARTS) is 4. The van der Waals surface area contributed by atoms with E-state index < -0.39 is 37.1 Å². The normalized spacial score (nSPS) is 28.5. The minimum atomic E-state index is -1.40. The zero-order valence-corrected chi connectivity index (χ0v) is 37.8. The summed E-state index contributed by atoms with van der Waals surface area (Å²) < 4.78 is 10.5. The van der Waals surface area contributed by atoms with Crippen LogP contribution >= 0.6 is 23.2 Å². The van der Waals surface area contributed by atoms with Gasteiger partial charge in [0, 0.05) is 0 Å². The van der Waals surface area contributed by atoms with E-state index in [1.165, 1.54) is 88.5 Å². The van der Waals surface area contributed by atoms with Crippen LogP contribution in [0.1, 0.15) is 156 Å². The molecule has 0 spiro atoms. The molecule has 334 valence electrons. The van der Waals surface area contributed by atoms with E-state index in [1.807, 2.05) is 6.08 Å². The lowest BCUT2D eigenvalue weighted by Gasteiger charge is -2.64. The van der Waals surface area contributed by atoms with Crippen molar-refractivity contribution in [1.29, 1.82) is 0 Å². The van der Waals surface area contributed by atoms with Crippen LogP contribution in [0.2, 0.25) is 10.0 Å². The van der Waals surface area contributed by atoms with Gasteiger partial charge in [0.1, 0.15) is 11.1 Å². The molecule has 4 aliphatic carbocycles. The molecular formula is C49H64Cl2O10. The first-order valence-electron chi connectivity index (χ1n) is 22.4. The molecule has 61 heavy (non-hydrogen) atoms. The van der Waals surface area contributed by atoms with Crippen LogP contribution < -0.4 is 9.47 Å². The second-order valence-corrected chi connectivity index (χ2v) is 20.5. The molecule has 10 nitrogen and oxygen atoms in total. The Kier molecular flexibility index (Phi) is 14.8. The Morgan fingerprint density at radius 2 is 1.33 bits per heavy atom. The number of fused-ring (bicyclic) bond motifs is 5. The highest BCUT2D eigenvalue weighted by atomic mass is 35.5. The third-order valence-corrected chi connectivity index (χ3v) is 16.3. The summed E-state index contributed by atoms with van der Waals surface area (Å²) in [7, 11) is 0. The topological polar surface area (TPSA) is 168 Å². The summed E-state index contributed by atoms with van der Waals surface area (Å²) in [6, 6.07) is 5.56. The van der Waals surface area contributed by atoms with Crippen LogP contribution in [-0.2, 0) is 9.59 Å². The molecule has 0 amide bonds. The highest BCUT2D eigenvalue weighted by Gasteiger charge is 2.61. The summed E-state index contributed by atoms with van der Waals surface area (Å²) in [5, 5.41) is 38.4. The van der Waals surface area contributed by atoms with Gasteiger partial charge >= 0.3 is 23.9 Å². The van der Waals surface area contributed by atoms with Crippen LogP contribution in [-0.4, -0.2) is 57.5 Å². The molecule has 2 aromatic carbocycles. The molecule has 4 N–H and O–H groups in total. The molecule has 0 aromatic heterocycles. The first-order chi connectivity index (χ1) is 28.8. The summed E-state index contributed by atoms with van der Waals surface area (Å²) in [6.07, 6.45) is 19.0. The van der Waals surface area contributed by atoms with Gasteiger partial charge in [0.2, 0.25) is 0 Å². The van der Waals surface area contributed by atoms with E-state index >= 15 is 0 Å². The van der Waals surface area contributed by atoms with Gasteiger partial charge in [-0.15, -0.1) is 0 Å². The fraction of sp³-hybridized carbons (Fsp3) is 0.633. The molecule has 9 unspecified atom stereocenters. The van der Waals surface area contributed by atoms with Crippen molar-refractivity contribution in [2.24, 2.45) is 58.2 Å². The monoisotopic (exact) mass is 882 g/mol. The Morgan fingerprint density at radius 3 is 1.87 bits per heavy atom. The van der Waals surface area contributed by atoms with Crippen molar-refractivity contribution in [2.75, 3.05) is 13.2 Å². The number of carboxylic acids is 4. The number of benzene rings is 2. The van der Waals surface area contributed by atoms with E-state index in [-0.39, 0.29) is 32.7 Å². The van der Waals surface area contributed by atoms with E-state index in [0.29, 0.717) is 45.8 Å². The molecule has 2 aromatic rings. The smallest absolute Gasteiger partial charge is 0.341 e. The van der Waals surface area contributed by atoms with E-state index in [0.717, 1.165) is 54.8 Å². The quantitative estimate of drug-likeness (QED) is 0.113. The van der Waals surface area contributed by atoms with Crippen LogP contribution in [0.3, 0.4) is 0 Å². The van der Waals surface area contributed by atoms with Gasteiger partial charge in [-0.05, 0) is 170 Å². The Hall–Kier alpha value is -3.76. The lowest BCUT2D eigenvalue weighted by atomic mass is 9.41. The lowest BCUT2D eigenvalue weighted by Crippen LogP contribution is -2.56. The molecule has 0 aliphatic heterocycles. The van der Waals surface area contributed by atoms with E-state index in [9.17, 15) is 39.6 Å². The Bertz CT molecular complexity index is 1920. The predicted molar refractivity (Wildman–Crippen MR) is 236 cm³/mol. The van der Waals surface area contributed by atoms with Crippen LogP contribution in [0.5, 0.6) is 11.5 Å². The van der Waals surface area contributed by atoms with E-state index in [2.05, 4.69) is 34.6 Å². The second kappa shape index (κ2) is 19.3. The Morgan fingerprint density at radius 1 is 0.754 bits per heavy atom. The van der Waals surface area contributed by atoms with Gasteiger partial charge in [-0.1, -0.05) is 83.2 Å². The molecule has 0 saturated heterocycles. The van der Waals surface area contributed by atoms with Crippen LogP contribution in [0.25, 0.3) is 5.57 Å². The number of rotatable bonds is 18. The van der Waals surface area contributed by atoms with E-state index in [4.69, 9.17) is 32.7 Å². The summed E-state index contributed by atoms with van der Waals surface area (Å²) in [6.45, 7) is 10.9. The molecule has 0 bridgehead atoms. The van der Waals surface area contributed by atoms with Crippen LogP contribution in [0, 0.1) is 58.2 Å². The minimum absolute atomic E-state index is 0.137. The van der Waals surface area contributed by atoms with Gasteiger partial charge in [-0.3, -0.25) is 0 Å².